The molecule has 2 aliphatic carbocycles. The number of nitrogens with one attached hydrogen (secondary N) is 1. The van der Waals surface area contributed by atoms with Gasteiger partial charge in [-0.15, -0.1) is 0 Å². The summed E-state index contributed by atoms with van der Waals surface area (Å²) in [5.41, 5.74) is 0. The summed E-state index contributed by atoms with van der Waals surface area (Å²) in [5.74, 6) is 2.64. The van der Waals surface area contributed by atoms with Gasteiger partial charge >= 0.3 is 0 Å². The number of hydrogen-bond acceptors (Lipinski definition) is 2. The topological polar surface area (TPSA) is 29.1 Å². The van der Waals surface area contributed by atoms with Gasteiger partial charge in [0.05, 0.1) is 6.04 Å². The fraction of sp³-hybridized carbons (Fsp3) is 0.917. The lowest BCUT2D eigenvalue weighted by Crippen LogP contribution is -2.37. The zero-order valence-electron chi connectivity index (χ0n) is 8.67. The number of Topliss-reactive ketones (excluding diaryl/α,β-unsaturated/α-hetero) is 1. The molecule has 0 amide bonds. The summed E-state index contributed by atoms with van der Waals surface area (Å²) in [4.78, 5) is 12.2. The highest BCUT2D eigenvalue weighted by Crippen LogP contribution is 2.49. The van der Waals surface area contributed by atoms with Crippen LogP contribution < -0.4 is 5.32 Å². The van der Waals surface area contributed by atoms with Crippen LogP contribution in [0.2, 0.25) is 0 Å². The van der Waals surface area contributed by atoms with Crippen LogP contribution in [0.25, 0.3) is 0 Å². The van der Waals surface area contributed by atoms with Crippen LogP contribution >= 0.6 is 0 Å². The van der Waals surface area contributed by atoms with Gasteiger partial charge in [-0.05, 0) is 50.5 Å². The second-order valence-electron chi connectivity index (χ2n) is 5.33. The van der Waals surface area contributed by atoms with E-state index in [4.69, 9.17) is 0 Å². The summed E-state index contributed by atoms with van der Waals surface area (Å²) < 4.78 is 0. The van der Waals surface area contributed by atoms with Crippen LogP contribution in [0.1, 0.15) is 38.5 Å². The molecule has 2 saturated carbocycles. The van der Waals surface area contributed by atoms with Crippen LogP contribution in [0.5, 0.6) is 0 Å². The molecule has 14 heavy (non-hydrogen) atoms. The summed E-state index contributed by atoms with van der Waals surface area (Å²) >= 11 is 0. The Labute approximate surface area is 85.4 Å². The van der Waals surface area contributed by atoms with Gasteiger partial charge in [-0.1, -0.05) is 6.42 Å². The SMILES string of the molecule is O=C(C1CCCN1)C1CC2CCC1C2. The van der Waals surface area contributed by atoms with Gasteiger partial charge in [-0.2, -0.15) is 0 Å². The van der Waals surface area contributed by atoms with Gasteiger partial charge in [0.25, 0.3) is 0 Å². The molecule has 3 rings (SSSR count). The summed E-state index contributed by atoms with van der Waals surface area (Å²) in [7, 11) is 0. The van der Waals surface area contributed by atoms with Crippen LogP contribution in [-0.4, -0.2) is 18.4 Å². The molecule has 4 atom stereocenters. The molecule has 0 aromatic carbocycles. The maximum atomic E-state index is 12.2. The van der Waals surface area contributed by atoms with E-state index in [1.807, 2.05) is 0 Å². The second-order valence-corrected chi connectivity index (χ2v) is 5.33. The van der Waals surface area contributed by atoms with Crippen molar-refractivity contribution in [1.29, 1.82) is 0 Å². The third kappa shape index (κ3) is 1.31. The van der Waals surface area contributed by atoms with Crippen molar-refractivity contribution in [3.8, 4) is 0 Å². The Morgan fingerprint density at radius 3 is 2.64 bits per heavy atom. The van der Waals surface area contributed by atoms with Gasteiger partial charge in [-0.25, -0.2) is 0 Å². The standard InChI is InChI=1S/C12H19NO/c14-12(11-2-1-5-13-11)10-7-8-3-4-9(10)6-8/h8-11,13H,1-7H2. The predicted molar refractivity (Wildman–Crippen MR) is 55.0 cm³/mol. The normalized spacial score (nSPS) is 46.0. The third-order valence-corrected chi connectivity index (χ3v) is 4.51. The number of hydrogen-bond donors (Lipinski definition) is 1. The van der Waals surface area contributed by atoms with E-state index in [1.54, 1.807) is 0 Å². The first kappa shape index (κ1) is 8.90. The molecule has 0 aromatic heterocycles. The van der Waals surface area contributed by atoms with Crippen molar-refractivity contribution in [3.63, 3.8) is 0 Å². The number of rotatable bonds is 2. The minimum atomic E-state index is 0.222. The van der Waals surface area contributed by atoms with Crippen LogP contribution in [0.4, 0.5) is 0 Å². The summed E-state index contributed by atoms with van der Waals surface area (Å²) in [6.07, 6.45) is 7.56. The average molecular weight is 193 g/mol. The molecule has 1 aliphatic heterocycles. The van der Waals surface area contributed by atoms with Crippen molar-refractivity contribution in [3.05, 3.63) is 0 Å². The molecule has 3 aliphatic rings. The van der Waals surface area contributed by atoms with Gasteiger partial charge in [0.1, 0.15) is 0 Å². The smallest absolute Gasteiger partial charge is 0.153 e. The maximum absolute atomic E-state index is 12.2. The van der Waals surface area contributed by atoms with Crippen molar-refractivity contribution < 1.29 is 4.79 Å². The Bertz CT molecular complexity index is 245. The molecule has 1 heterocycles. The van der Waals surface area contributed by atoms with Crippen LogP contribution in [-0.2, 0) is 4.79 Å². The Hall–Kier alpha value is -0.370. The highest BCUT2D eigenvalue weighted by atomic mass is 16.1. The van der Waals surface area contributed by atoms with Gasteiger partial charge in [0.15, 0.2) is 5.78 Å². The molecule has 0 radical (unpaired) electrons. The molecule has 4 unspecified atom stereocenters. The molecule has 1 N–H and O–H groups in total. The molecule has 0 spiro atoms. The van der Waals surface area contributed by atoms with E-state index in [9.17, 15) is 4.79 Å². The minimum absolute atomic E-state index is 0.222. The first-order valence-corrected chi connectivity index (χ1v) is 6.11. The molecule has 1 saturated heterocycles. The Morgan fingerprint density at radius 1 is 1.14 bits per heavy atom. The van der Waals surface area contributed by atoms with Crippen molar-refractivity contribution in [2.24, 2.45) is 17.8 Å². The molecule has 78 valence electrons. The van der Waals surface area contributed by atoms with Crippen LogP contribution in [0, 0.1) is 17.8 Å². The van der Waals surface area contributed by atoms with Crippen molar-refractivity contribution >= 4 is 5.78 Å². The van der Waals surface area contributed by atoms with Crippen molar-refractivity contribution in [2.75, 3.05) is 6.54 Å². The molecule has 2 heteroatoms. The molecule has 2 bridgehead atoms. The minimum Gasteiger partial charge on any atom is -0.307 e. The quantitative estimate of drug-likeness (QED) is 0.724. The first-order valence-electron chi connectivity index (χ1n) is 6.11. The number of fused-ring (bicyclic) bond motifs is 2. The zero-order valence-corrected chi connectivity index (χ0v) is 8.67. The number of ketones is 1. The van der Waals surface area contributed by atoms with E-state index in [0.717, 1.165) is 24.8 Å². The van der Waals surface area contributed by atoms with E-state index in [2.05, 4.69) is 5.32 Å². The Kier molecular flexibility index (Phi) is 2.12. The van der Waals surface area contributed by atoms with E-state index in [0.29, 0.717) is 11.7 Å². The lowest BCUT2D eigenvalue weighted by atomic mass is 9.83. The van der Waals surface area contributed by atoms with E-state index in [-0.39, 0.29) is 6.04 Å². The Balaban J connectivity index is 1.67. The summed E-state index contributed by atoms with van der Waals surface area (Å²) in [6, 6.07) is 0.222. The molecular formula is C12H19NO. The highest BCUT2D eigenvalue weighted by molar-refractivity contribution is 5.87. The van der Waals surface area contributed by atoms with Gasteiger partial charge in [0, 0.05) is 5.92 Å². The van der Waals surface area contributed by atoms with Crippen molar-refractivity contribution in [2.45, 2.75) is 44.6 Å². The van der Waals surface area contributed by atoms with E-state index >= 15 is 0 Å². The first-order chi connectivity index (χ1) is 6.84. The van der Waals surface area contributed by atoms with Gasteiger partial charge in [-0.3, -0.25) is 4.79 Å². The fourth-order valence-electron chi connectivity index (χ4n) is 3.78. The lowest BCUT2D eigenvalue weighted by molar-refractivity contribution is -0.126. The highest BCUT2D eigenvalue weighted by Gasteiger charge is 2.44. The van der Waals surface area contributed by atoms with E-state index < -0.39 is 0 Å². The van der Waals surface area contributed by atoms with Crippen LogP contribution in [0.3, 0.4) is 0 Å². The third-order valence-electron chi connectivity index (χ3n) is 4.51. The van der Waals surface area contributed by atoms with Crippen molar-refractivity contribution in [1.82, 2.24) is 5.32 Å². The monoisotopic (exact) mass is 193 g/mol. The zero-order chi connectivity index (χ0) is 9.54. The van der Waals surface area contributed by atoms with Crippen LogP contribution in [0.15, 0.2) is 0 Å². The Morgan fingerprint density at radius 2 is 2.07 bits per heavy atom. The molecule has 3 fully saturated rings. The second kappa shape index (κ2) is 3.34. The molecule has 0 aromatic rings. The fourth-order valence-corrected chi connectivity index (χ4v) is 3.78. The number of carbonyl (C=O) groups excluding carboxylic acids is 1. The maximum Gasteiger partial charge on any atom is 0.153 e. The largest absolute Gasteiger partial charge is 0.307 e. The predicted octanol–water partition coefficient (Wildman–Crippen LogP) is 1.74. The average Bonchev–Trinajstić information content (AvgIpc) is 2.93. The molecular weight excluding hydrogens is 174 g/mol. The summed E-state index contributed by atoms with van der Waals surface area (Å²) in [5, 5.41) is 3.34. The molecule has 2 nitrogen and oxygen atoms in total. The summed E-state index contributed by atoms with van der Waals surface area (Å²) in [6.45, 7) is 1.05. The van der Waals surface area contributed by atoms with E-state index in [1.165, 1.54) is 32.1 Å². The lowest BCUT2D eigenvalue weighted by Gasteiger charge is -2.23. The van der Waals surface area contributed by atoms with Gasteiger partial charge in [0.2, 0.25) is 0 Å². The van der Waals surface area contributed by atoms with Gasteiger partial charge < -0.3 is 5.32 Å². The number of carbonyl (C=O) groups is 1.